The second-order valence-corrected chi connectivity index (χ2v) is 7.93. The van der Waals surface area contributed by atoms with E-state index in [0.717, 1.165) is 20.9 Å². The smallest absolute Gasteiger partial charge is 0.252 e. The normalized spacial score (nSPS) is 17.2. The monoisotopic (exact) mass is 480 g/mol. The molecule has 1 unspecified atom stereocenters. The molecule has 3 N–H and O–H groups in total. The van der Waals surface area contributed by atoms with E-state index in [1.54, 1.807) is 0 Å². The van der Waals surface area contributed by atoms with Gasteiger partial charge < -0.3 is 11.1 Å². The molecule has 0 radical (unpaired) electrons. The molecule has 1 aromatic carbocycles. The Hall–Kier alpha value is -0.210. The third kappa shape index (κ3) is 4.63. The van der Waals surface area contributed by atoms with Crippen LogP contribution in [0, 0.1) is 9.49 Å². The molecule has 114 valence electrons. The lowest BCUT2D eigenvalue weighted by Crippen LogP contribution is -2.49. The molecule has 21 heavy (non-hydrogen) atoms. The number of halogens is 2. The van der Waals surface area contributed by atoms with Gasteiger partial charge in [-0.3, -0.25) is 4.79 Å². The van der Waals surface area contributed by atoms with E-state index in [-0.39, 0.29) is 11.9 Å². The molecular weight excluding hydrogens is 463 g/mol. The van der Waals surface area contributed by atoms with Crippen LogP contribution >= 0.6 is 50.7 Å². The van der Waals surface area contributed by atoms with Crippen molar-refractivity contribution in [2.75, 3.05) is 0 Å². The van der Waals surface area contributed by atoms with Crippen molar-refractivity contribution in [3.05, 3.63) is 31.8 Å². The Morgan fingerprint density at radius 3 is 2.67 bits per heavy atom. The number of carbonyl (C=O) groups is 1. The van der Waals surface area contributed by atoms with Gasteiger partial charge in [-0.25, -0.2) is 0 Å². The van der Waals surface area contributed by atoms with Crippen LogP contribution in [0.1, 0.15) is 42.5 Å². The molecular formula is C15H18BrIN2OS. The molecule has 1 aromatic rings. The SMILES string of the molecule is NC(=S)C(NC(=O)c1cc(Br)ccc1I)C1CCCCC1. The Labute approximate surface area is 152 Å². The van der Waals surface area contributed by atoms with Crippen molar-refractivity contribution < 1.29 is 4.79 Å². The summed E-state index contributed by atoms with van der Waals surface area (Å²) < 4.78 is 1.80. The first-order valence-corrected chi connectivity index (χ1v) is 9.32. The standard InChI is InChI=1S/C15H18BrIN2OS/c16-10-6-7-12(17)11(8-10)15(20)19-13(14(18)21)9-4-2-1-3-5-9/h6-9,13H,1-5H2,(H2,18,21)(H,19,20). The Balaban J connectivity index is 2.14. The molecule has 1 aliphatic carbocycles. The van der Waals surface area contributed by atoms with Gasteiger partial charge in [-0.05, 0) is 59.5 Å². The highest BCUT2D eigenvalue weighted by molar-refractivity contribution is 14.1. The van der Waals surface area contributed by atoms with Crippen molar-refractivity contribution in [1.29, 1.82) is 0 Å². The Morgan fingerprint density at radius 1 is 1.38 bits per heavy atom. The Morgan fingerprint density at radius 2 is 2.05 bits per heavy atom. The minimum atomic E-state index is -0.206. The lowest BCUT2D eigenvalue weighted by molar-refractivity contribution is 0.0931. The van der Waals surface area contributed by atoms with Crippen molar-refractivity contribution in [1.82, 2.24) is 5.32 Å². The van der Waals surface area contributed by atoms with Crippen molar-refractivity contribution in [2.45, 2.75) is 38.1 Å². The number of benzene rings is 1. The highest BCUT2D eigenvalue weighted by atomic mass is 127. The summed E-state index contributed by atoms with van der Waals surface area (Å²) in [4.78, 5) is 12.9. The number of nitrogens with two attached hydrogens (primary N) is 1. The van der Waals surface area contributed by atoms with Gasteiger partial charge in [-0.2, -0.15) is 0 Å². The molecule has 3 nitrogen and oxygen atoms in total. The van der Waals surface area contributed by atoms with E-state index in [0.29, 0.717) is 16.5 Å². The number of nitrogens with one attached hydrogen (secondary N) is 1. The van der Waals surface area contributed by atoms with Gasteiger partial charge in [-0.1, -0.05) is 47.4 Å². The van der Waals surface area contributed by atoms with Gasteiger partial charge in [0.2, 0.25) is 0 Å². The molecule has 1 aliphatic rings. The molecule has 1 amide bonds. The highest BCUT2D eigenvalue weighted by Gasteiger charge is 2.28. The van der Waals surface area contributed by atoms with Crippen LogP contribution in [0.2, 0.25) is 0 Å². The van der Waals surface area contributed by atoms with Crippen LogP contribution in [0.15, 0.2) is 22.7 Å². The number of hydrogen-bond acceptors (Lipinski definition) is 2. The molecule has 1 atom stereocenters. The van der Waals surface area contributed by atoms with Crippen LogP contribution in [-0.2, 0) is 0 Å². The Bertz CT molecular complexity index is 546. The zero-order valence-corrected chi connectivity index (χ0v) is 16.1. The minimum absolute atomic E-state index is 0.107. The average molecular weight is 481 g/mol. The second kappa shape index (κ2) is 7.87. The Kier molecular flexibility index (Phi) is 6.43. The van der Waals surface area contributed by atoms with Crippen LogP contribution in [0.4, 0.5) is 0 Å². The van der Waals surface area contributed by atoms with Gasteiger partial charge in [0.15, 0.2) is 0 Å². The van der Waals surface area contributed by atoms with Crippen LogP contribution in [0.5, 0.6) is 0 Å². The molecule has 0 heterocycles. The van der Waals surface area contributed by atoms with Gasteiger partial charge in [0, 0.05) is 8.04 Å². The predicted molar refractivity (Wildman–Crippen MR) is 101 cm³/mol. The van der Waals surface area contributed by atoms with Crippen LogP contribution in [0.3, 0.4) is 0 Å². The van der Waals surface area contributed by atoms with E-state index >= 15 is 0 Å². The van der Waals surface area contributed by atoms with Crippen LogP contribution in [0.25, 0.3) is 0 Å². The number of thiocarbonyl (C=S) groups is 1. The predicted octanol–water partition coefficient (Wildman–Crippen LogP) is 4.02. The summed E-state index contributed by atoms with van der Waals surface area (Å²) in [6.07, 6.45) is 5.80. The zero-order valence-electron chi connectivity index (χ0n) is 11.6. The van der Waals surface area contributed by atoms with Gasteiger partial charge in [0.25, 0.3) is 5.91 Å². The van der Waals surface area contributed by atoms with Crippen LogP contribution in [-0.4, -0.2) is 16.9 Å². The first-order chi connectivity index (χ1) is 9.99. The van der Waals surface area contributed by atoms with E-state index < -0.39 is 0 Å². The number of hydrogen-bond donors (Lipinski definition) is 2. The molecule has 1 saturated carbocycles. The fraction of sp³-hybridized carbons (Fsp3) is 0.467. The fourth-order valence-electron chi connectivity index (χ4n) is 2.78. The third-order valence-corrected chi connectivity index (χ3v) is 5.58. The van der Waals surface area contributed by atoms with Gasteiger partial charge in [0.1, 0.15) is 0 Å². The van der Waals surface area contributed by atoms with Crippen molar-refractivity contribution in [3.63, 3.8) is 0 Å². The minimum Gasteiger partial charge on any atom is -0.392 e. The maximum Gasteiger partial charge on any atom is 0.252 e. The first kappa shape index (κ1) is 17.1. The number of rotatable bonds is 4. The summed E-state index contributed by atoms with van der Waals surface area (Å²) in [7, 11) is 0. The molecule has 0 spiro atoms. The average Bonchev–Trinajstić information content (AvgIpc) is 2.47. The maximum atomic E-state index is 12.5. The fourth-order valence-corrected chi connectivity index (χ4v) is 3.97. The lowest BCUT2D eigenvalue weighted by atomic mass is 9.83. The van der Waals surface area contributed by atoms with E-state index in [4.69, 9.17) is 18.0 Å². The van der Waals surface area contributed by atoms with Gasteiger partial charge in [-0.15, -0.1) is 0 Å². The molecule has 6 heteroatoms. The second-order valence-electron chi connectivity index (χ2n) is 5.38. The molecule has 0 aromatic heterocycles. The molecule has 0 bridgehead atoms. The molecule has 1 fully saturated rings. The summed E-state index contributed by atoms with van der Waals surface area (Å²) in [5.41, 5.74) is 6.52. The summed E-state index contributed by atoms with van der Waals surface area (Å²) in [5, 5.41) is 3.04. The van der Waals surface area contributed by atoms with E-state index in [1.807, 2.05) is 18.2 Å². The third-order valence-electron chi connectivity index (χ3n) is 3.89. The van der Waals surface area contributed by atoms with E-state index in [2.05, 4.69) is 43.8 Å². The molecule has 0 saturated heterocycles. The molecule has 2 rings (SSSR count). The van der Waals surface area contributed by atoms with E-state index in [9.17, 15) is 4.79 Å². The van der Waals surface area contributed by atoms with Gasteiger partial charge in [0.05, 0.1) is 16.6 Å². The zero-order chi connectivity index (χ0) is 15.4. The van der Waals surface area contributed by atoms with E-state index in [1.165, 1.54) is 19.3 Å². The largest absolute Gasteiger partial charge is 0.392 e. The summed E-state index contributed by atoms with van der Waals surface area (Å²) in [6.45, 7) is 0. The topological polar surface area (TPSA) is 55.1 Å². The maximum absolute atomic E-state index is 12.5. The van der Waals surface area contributed by atoms with Crippen molar-refractivity contribution in [3.8, 4) is 0 Å². The number of amides is 1. The van der Waals surface area contributed by atoms with Gasteiger partial charge >= 0.3 is 0 Å². The quantitative estimate of drug-likeness (QED) is 0.505. The lowest BCUT2D eigenvalue weighted by Gasteiger charge is -2.30. The van der Waals surface area contributed by atoms with Crippen molar-refractivity contribution in [2.24, 2.45) is 11.7 Å². The summed E-state index contributed by atoms with van der Waals surface area (Å²) in [5.74, 6) is 0.258. The molecule has 0 aliphatic heterocycles. The summed E-state index contributed by atoms with van der Waals surface area (Å²) in [6, 6.07) is 5.46. The van der Waals surface area contributed by atoms with Crippen LogP contribution < -0.4 is 11.1 Å². The first-order valence-electron chi connectivity index (χ1n) is 7.04. The van der Waals surface area contributed by atoms with Crippen molar-refractivity contribution >= 4 is 61.6 Å². The summed E-state index contributed by atoms with van der Waals surface area (Å²) >= 11 is 10.7. The number of carbonyl (C=O) groups excluding carboxylic acids is 1. The highest BCUT2D eigenvalue weighted by Crippen LogP contribution is 2.27.